The van der Waals surface area contributed by atoms with E-state index in [1.54, 1.807) is 22.8 Å². The highest BCUT2D eigenvalue weighted by atomic mass is 35.5. The van der Waals surface area contributed by atoms with Crippen molar-refractivity contribution in [3.05, 3.63) is 68.5 Å². The molecule has 0 saturated heterocycles. The van der Waals surface area contributed by atoms with Gasteiger partial charge in [0.05, 0.1) is 5.69 Å². The van der Waals surface area contributed by atoms with E-state index in [4.69, 9.17) is 40.2 Å². The molecule has 1 N–H and O–H groups in total. The van der Waals surface area contributed by atoms with Gasteiger partial charge in [-0.25, -0.2) is 0 Å². The zero-order valence-electron chi connectivity index (χ0n) is 13.6. The second-order valence-corrected chi connectivity index (χ2v) is 7.38. The molecule has 0 atom stereocenters. The maximum Gasteiger partial charge on any atom is 0.199 e. The maximum atomic E-state index is 6.10. The summed E-state index contributed by atoms with van der Waals surface area (Å²) >= 11 is 18.8. The minimum absolute atomic E-state index is 0.217. The van der Waals surface area contributed by atoms with Gasteiger partial charge in [0.25, 0.3) is 0 Å². The molecule has 0 aliphatic rings. The standard InChI is InChI=1S/C17H11Cl2N5OS2/c18-11-5-12(19)7-13(6-11)24-16(21-22-17(24)26)8-25-14-3-1-10(2-4-14)15-9-27-23-20-15/h1-7,9H,8H2,(H,22,26). The molecule has 2 heterocycles. The van der Waals surface area contributed by atoms with Crippen LogP contribution >= 0.6 is 47.0 Å². The monoisotopic (exact) mass is 435 g/mol. The SMILES string of the molecule is S=c1[nH]nc(COc2ccc(-c3csnn3)cc2)n1-c1cc(Cl)cc(Cl)c1. The number of rotatable bonds is 5. The average Bonchev–Trinajstić information content (AvgIpc) is 3.29. The first kappa shape index (κ1) is 18.1. The lowest BCUT2D eigenvalue weighted by Crippen LogP contribution is -2.06. The van der Waals surface area contributed by atoms with E-state index >= 15 is 0 Å². The number of nitrogens with one attached hydrogen (secondary N) is 1. The van der Waals surface area contributed by atoms with Gasteiger partial charge >= 0.3 is 0 Å². The van der Waals surface area contributed by atoms with Crippen LogP contribution in [0.3, 0.4) is 0 Å². The van der Waals surface area contributed by atoms with E-state index in [-0.39, 0.29) is 6.61 Å². The number of nitrogens with zero attached hydrogens (tertiary/aromatic N) is 4. The summed E-state index contributed by atoms with van der Waals surface area (Å²) in [5, 5.41) is 14.0. The molecule has 27 heavy (non-hydrogen) atoms. The van der Waals surface area contributed by atoms with E-state index in [0.717, 1.165) is 16.9 Å². The highest BCUT2D eigenvalue weighted by molar-refractivity contribution is 7.71. The molecule has 2 aromatic heterocycles. The number of aromatic nitrogens is 5. The summed E-state index contributed by atoms with van der Waals surface area (Å²) in [6, 6.07) is 12.8. The molecule has 0 spiro atoms. The third-order valence-electron chi connectivity index (χ3n) is 3.73. The summed E-state index contributed by atoms with van der Waals surface area (Å²) < 4.78 is 11.9. The highest BCUT2D eigenvalue weighted by Crippen LogP contribution is 2.24. The van der Waals surface area contributed by atoms with Crippen LogP contribution in [0.1, 0.15) is 5.82 Å². The van der Waals surface area contributed by atoms with Gasteiger partial charge in [0.2, 0.25) is 0 Å². The second kappa shape index (κ2) is 7.77. The first-order valence-corrected chi connectivity index (χ1v) is 9.73. The van der Waals surface area contributed by atoms with Gasteiger partial charge in [-0.15, -0.1) is 5.10 Å². The smallest absolute Gasteiger partial charge is 0.199 e. The van der Waals surface area contributed by atoms with Crippen molar-refractivity contribution in [3.63, 3.8) is 0 Å². The van der Waals surface area contributed by atoms with Gasteiger partial charge in [0.1, 0.15) is 18.1 Å². The number of aromatic amines is 1. The largest absolute Gasteiger partial charge is 0.486 e. The molecule has 0 saturated carbocycles. The molecule has 0 amide bonds. The van der Waals surface area contributed by atoms with Crippen LogP contribution in [-0.4, -0.2) is 24.4 Å². The van der Waals surface area contributed by atoms with Gasteiger partial charge in [-0.05, 0) is 66.2 Å². The predicted molar refractivity (Wildman–Crippen MR) is 108 cm³/mol. The molecular weight excluding hydrogens is 425 g/mol. The Labute approximate surface area is 173 Å². The third-order valence-corrected chi connectivity index (χ3v) is 4.94. The molecule has 0 radical (unpaired) electrons. The van der Waals surface area contributed by atoms with Crippen LogP contribution in [0, 0.1) is 4.77 Å². The van der Waals surface area contributed by atoms with Crippen molar-refractivity contribution < 1.29 is 4.74 Å². The van der Waals surface area contributed by atoms with Crippen LogP contribution in [0.4, 0.5) is 0 Å². The second-order valence-electron chi connectivity index (χ2n) is 5.51. The average molecular weight is 436 g/mol. The number of H-pyrrole nitrogens is 1. The van der Waals surface area contributed by atoms with Crippen molar-refractivity contribution >= 4 is 47.0 Å². The van der Waals surface area contributed by atoms with Gasteiger partial charge in [-0.1, -0.05) is 27.7 Å². The van der Waals surface area contributed by atoms with Crippen LogP contribution in [0.5, 0.6) is 5.75 Å². The molecule has 0 fully saturated rings. The Hall–Kier alpha value is -2.26. The van der Waals surface area contributed by atoms with E-state index in [2.05, 4.69) is 19.8 Å². The predicted octanol–water partition coefficient (Wildman–Crippen LogP) is 5.33. The number of benzene rings is 2. The summed E-state index contributed by atoms with van der Waals surface area (Å²) in [5.74, 6) is 1.30. The number of halogens is 2. The maximum absolute atomic E-state index is 6.10. The Bertz CT molecular complexity index is 1100. The summed E-state index contributed by atoms with van der Waals surface area (Å²) in [4.78, 5) is 0. The van der Waals surface area contributed by atoms with Crippen LogP contribution in [0.25, 0.3) is 16.9 Å². The Morgan fingerprint density at radius 2 is 1.85 bits per heavy atom. The van der Waals surface area contributed by atoms with E-state index in [9.17, 15) is 0 Å². The Morgan fingerprint density at radius 1 is 1.11 bits per heavy atom. The fourth-order valence-electron chi connectivity index (χ4n) is 2.52. The minimum atomic E-state index is 0.217. The molecule has 0 bridgehead atoms. The highest BCUT2D eigenvalue weighted by Gasteiger charge is 2.11. The van der Waals surface area contributed by atoms with E-state index < -0.39 is 0 Å². The Kier molecular flexibility index (Phi) is 5.22. The molecule has 0 aliphatic carbocycles. The summed E-state index contributed by atoms with van der Waals surface area (Å²) in [5.41, 5.74) is 2.54. The van der Waals surface area contributed by atoms with Gasteiger partial charge in [-0.3, -0.25) is 9.67 Å². The minimum Gasteiger partial charge on any atom is -0.486 e. The third kappa shape index (κ3) is 4.03. The van der Waals surface area contributed by atoms with Gasteiger partial charge in [0, 0.05) is 21.0 Å². The molecule has 136 valence electrons. The van der Waals surface area contributed by atoms with Crippen LogP contribution < -0.4 is 4.74 Å². The molecular formula is C17H11Cl2N5OS2. The fourth-order valence-corrected chi connectivity index (χ4v) is 3.76. The van der Waals surface area contributed by atoms with Gasteiger partial charge in [-0.2, -0.15) is 5.10 Å². The summed E-state index contributed by atoms with van der Waals surface area (Å²) in [6.07, 6.45) is 0. The molecule has 0 unspecified atom stereocenters. The van der Waals surface area contributed by atoms with Gasteiger partial charge in [0.15, 0.2) is 10.6 Å². The molecule has 4 rings (SSSR count). The number of hydrogen-bond donors (Lipinski definition) is 1. The van der Waals surface area contributed by atoms with E-state index in [1.165, 1.54) is 11.5 Å². The van der Waals surface area contributed by atoms with Crippen molar-refractivity contribution in [2.24, 2.45) is 0 Å². The summed E-state index contributed by atoms with van der Waals surface area (Å²) in [7, 11) is 0. The van der Waals surface area contributed by atoms with Crippen molar-refractivity contribution in [1.29, 1.82) is 0 Å². The summed E-state index contributed by atoms with van der Waals surface area (Å²) in [6.45, 7) is 0.217. The first-order chi connectivity index (χ1) is 13.1. The van der Waals surface area contributed by atoms with Crippen LogP contribution in [-0.2, 0) is 6.61 Å². The number of hydrogen-bond acceptors (Lipinski definition) is 6. The topological polar surface area (TPSA) is 68.6 Å². The lowest BCUT2D eigenvalue weighted by Gasteiger charge is -2.10. The van der Waals surface area contributed by atoms with E-state index in [0.29, 0.717) is 26.4 Å². The molecule has 4 aromatic rings. The lowest BCUT2D eigenvalue weighted by molar-refractivity contribution is 0.293. The van der Waals surface area contributed by atoms with Crippen molar-refractivity contribution in [1.82, 2.24) is 24.4 Å². The van der Waals surface area contributed by atoms with Crippen LogP contribution in [0.2, 0.25) is 10.0 Å². The zero-order chi connectivity index (χ0) is 18.8. The van der Waals surface area contributed by atoms with Crippen molar-refractivity contribution in [2.75, 3.05) is 0 Å². The first-order valence-electron chi connectivity index (χ1n) is 7.73. The number of ether oxygens (including phenoxy) is 1. The molecule has 0 aliphatic heterocycles. The lowest BCUT2D eigenvalue weighted by atomic mass is 10.2. The molecule has 6 nitrogen and oxygen atoms in total. The van der Waals surface area contributed by atoms with Crippen molar-refractivity contribution in [3.8, 4) is 22.7 Å². The normalized spacial score (nSPS) is 10.9. The molecule has 10 heteroatoms. The zero-order valence-corrected chi connectivity index (χ0v) is 16.7. The fraction of sp³-hybridized carbons (Fsp3) is 0.0588. The van der Waals surface area contributed by atoms with Crippen molar-refractivity contribution in [2.45, 2.75) is 6.61 Å². The van der Waals surface area contributed by atoms with Gasteiger partial charge < -0.3 is 4.74 Å². The quantitative estimate of drug-likeness (QED) is 0.428. The van der Waals surface area contributed by atoms with Crippen LogP contribution in [0.15, 0.2) is 47.8 Å². The van der Waals surface area contributed by atoms with E-state index in [1.807, 2.05) is 29.6 Å². The molecule has 2 aromatic carbocycles. The Balaban J connectivity index is 1.55. The Morgan fingerprint density at radius 3 is 2.52 bits per heavy atom.